The molecule has 3 heterocycles. The fraction of sp³-hybridized carbons (Fsp3) is 0.467. The van der Waals surface area contributed by atoms with Crippen LogP contribution in [0.25, 0.3) is 0 Å². The van der Waals surface area contributed by atoms with Crippen LogP contribution in [0.5, 0.6) is 0 Å². The van der Waals surface area contributed by atoms with Gasteiger partial charge in [0, 0.05) is 32.1 Å². The van der Waals surface area contributed by atoms with Gasteiger partial charge < -0.3 is 9.15 Å². The number of furan rings is 1. The lowest BCUT2D eigenvalue weighted by atomic mass is 10.0. The Bertz CT molecular complexity index is 591. The Kier molecular flexibility index (Phi) is 4.17. The topological polar surface area (TPSA) is 56.3 Å². The van der Waals surface area contributed by atoms with E-state index < -0.39 is 0 Å². The van der Waals surface area contributed by atoms with E-state index in [1.165, 1.54) is 5.69 Å². The van der Waals surface area contributed by atoms with Crippen LogP contribution < -0.4 is 0 Å². The molecule has 112 valence electrons. The summed E-state index contributed by atoms with van der Waals surface area (Å²) >= 11 is 0. The number of rotatable bonds is 6. The van der Waals surface area contributed by atoms with Gasteiger partial charge in [-0.05, 0) is 6.07 Å². The number of aromatic nitrogens is 3. The molecule has 3 rings (SSSR count). The second-order valence-electron chi connectivity index (χ2n) is 5.24. The zero-order chi connectivity index (χ0) is 14.7. The zero-order valence-electron chi connectivity index (χ0n) is 12.2. The minimum atomic E-state index is 0.123. The van der Waals surface area contributed by atoms with E-state index in [-0.39, 0.29) is 6.04 Å². The zero-order valence-corrected chi connectivity index (χ0v) is 12.2. The largest absolute Gasteiger partial charge is 0.472 e. The summed E-state index contributed by atoms with van der Waals surface area (Å²) < 4.78 is 12.7. The first-order valence-corrected chi connectivity index (χ1v) is 7.12. The summed E-state index contributed by atoms with van der Waals surface area (Å²) in [5.41, 5.74) is 3.39. The average molecular weight is 288 g/mol. The lowest BCUT2D eigenvalue weighted by Crippen LogP contribution is -2.38. The Morgan fingerprint density at radius 1 is 1.57 bits per heavy atom. The van der Waals surface area contributed by atoms with E-state index in [1.807, 2.05) is 17.8 Å². The second-order valence-corrected chi connectivity index (χ2v) is 5.24. The highest BCUT2D eigenvalue weighted by molar-refractivity contribution is 5.20. The Labute approximate surface area is 124 Å². The summed E-state index contributed by atoms with van der Waals surface area (Å²) in [4.78, 5) is 2.37. The first-order chi connectivity index (χ1) is 10.3. The van der Waals surface area contributed by atoms with Crippen LogP contribution in [-0.2, 0) is 24.8 Å². The van der Waals surface area contributed by atoms with Gasteiger partial charge in [0.2, 0.25) is 0 Å². The van der Waals surface area contributed by atoms with Gasteiger partial charge in [-0.25, -0.2) is 0 Å². The summed E-state index contributed by atoms with van der Waals surface area (Å²) in [5, 5.41) is 8.49. The number of aryl methyl sites for hydroxylation is 1. The first kappa shape index (κ1) is 14.0. The molecule has 0 radical (unpaired) electrons. The van der Waals surface area contributed by atoms with Crippen molar-refractivity contribution in [1.29, 1.82) is 0 Å². The van der Waals surface area contributed by atoms with Crippen molar-refractivity contribution in [2.75, 3.05) is 19.8 Å². The molecule has 1 aliphatic rings. The average Bonchev–Trinajstić information content (AvgIpc) is 3.11. The minimum absolute atomic E-state index is 0.123. The number of nitrogens with zero attached hydrogens (tertiary/aromatic N) is 4. The number of ether oxygens (including phenoxy) is 1. The van der Waals surface area contributed by atoms with Gasteiger partial charge in [-0.1, -0.05) is 11.3 Å². The van der Waals surface area contributed by atoms with Crippen LogP contribution in [0, 0.1) is 0 Å². The Morgan fingerprint density at radius 3 is 3.24 bits per heavy atom. The first-order valence-electron chi connectivity index (χ1n) is 7.12. The SMILES string of the molecule is C=CCOCC1c2nnn(C)c2CCN1Cc1ccoc1. The minimum Gasteiger partial charge on any atom is -0.472 e. The summed E-state index contributed by atoms with van der Waals surface area (Å²) in [6.45, 7) is 6.62. The van der Waals surface area contributed by atoms with E-state index in [9.17, 15) is 0 Å². The van der Waals surface area contributed by atoms with Crippen LogP contribution in [-0.4, -0.2) is 39.7 Å². The van der Waals surface area contributed by atoms with Crippen molar-refractivity contribution in [3.63, 3.8) is 0 Å². The van der Waals surface area contributed by atoms with Crippen LogP contribution in [0.15, 0.2) is 35.7 Å². The number of hydrogen-bond donors (Lipinski definition) is 0. The van der Waals surface area contributed by atoms with Crippen LogP contribution in [0.2, 0.25) is 0 Å². The molecule has 21 heavy (non-hydrogen) atoms. The van der Waals surface area contributed by atoms with Gasteiger partial charge in [-0.2, -0.15) is 0 Å². The summed E-state index contributed by atoms with van der Waals surface area (Å²) in [6.07, 6.45) is 6.21. The molecule has 1 atom stereocenters. The molecular weight excluding hydrogens is 268 g/mol. The molecule has 0 aliphatic carbocycles. The third kappa shape index (κ3) is 2.91. The molecule has 6 nitrogen and oxygen atoms in total. The van der Waals surface area contributed by atoms with Crippen molar-refractivity contribution in [1.82, 2.24) is 19.9 Å². The van der Waals surface area contributed by atoms with Crippen LogP contribution >= 0.6 is 0 Å². The summed E-state index contributed by atoms with van der Waals surface area (Å²) in [7, 11) is 1.94. The van der Waals surface area contributed by atoms with Gasteiger partial charge in [0.1, 0.15) is 5.69 Å². The third-order valence-electron chi connectivity index (χ3n) is 3.84. The smallest absolute Gasteiger partial charge is 0.105 e. The molecule has 0 saturated heterocycles. The van der Waals surface area contributed by atoms with Crippen molar-refractivity contribution < 1.29 is 9.15 Å². The van der Waals surface area contributed by atoms with Crippen LogP contribution in [0.4, 0.5) is 0 Å². The van der Waals surface area contributed by atoms with Crippen molar-refractivity contribution in [2.45, 2.75) is 19.0 Å². The fourth-order valence-corrected chi connectivity index (χ4v) is 2.77. The third-order valence-corrected chi connectivity index (χ3v) is 3.84. The highest BCUT2D eigenvalue weighted by Gasteiger charge is 2.31. The normalized spacial score (nSPS) is 18.6. The number of hydrogen-bond acceptors (Lipinski definition) is 5. The van der Waals surface area contributed by atoms with Crippen LogP contribution in [0.1, 0.15) is 23.0 Å². The highest BCUT2D eigenvalue weighted by atomic mass is 16.5. The molecule has 0 spiro atoms. The van der Waals surface area contributed by atoms with Crippen molar-refractivity contribution in [3.8, 4) is 0 Å². The molecule has 2 aromatic heterocycles. The van der Waals surface area contributed by atoms with E-state index in [0.717, 1.165) is 30.8 Å². The predicted molar refractivity (Wildman–Crippen MR) is 77.6 cm³/mol. The molecule has 0 bridgehead atoms. The quantitative estimate of drug-likeness (QED) is 0.598. The molecule has 1 aliphatic heterocycles. The van der Waals surface area contributed by atoms with Gasteiger partial charge >= 0.3 is 0 Å². The van der Waals surface area contributed by atoms with E-state index in [2.05, 4.69) is 21.8 Å². The molecule has 1 unspecified atom stereocenters. The molecule has 6 heteroatoms. The Balaban J connectivity index is 1.80. The Morgan fingerprint density at radius 2 is 2.48 bits per heavy atom. The highest BCUT2D eigenvalue weighted by Crippen LogP contribution is 2.29. The molecule has 0 amide bonds. The lowest BCUT2D eigenvalue weighted by molar-refractivity contribution is 0.0598. The molecule has 0 N–H and O–H groups in total. The van der Waals surface area contributed by atoms with Gasteiger partial charge in [0.15, 0.2) is 0 Å². The van der Waals surface area contributed by atoms with E-state index in [4.69, 9.17) is 9.15 Å². The van der Waals surface area contributed by atoms with Gasteiger partial charge in [0.25, 0.3) is 0 Å². The van der Waals surface area contributed by atoms with Gasteiger partial charge in [0.05, 0.1) is 37.5 Å². The van der Waals surface area contributed by atoms with Crippen molar-refractivity contribution in [3.05, 3.63) is 48.2 Å². The van der Waals surface area contributed by atoms with Crippen molar-refractivity contribution in [2.24, 2.45) is 7.05 Å². The maximum Gasteiger partial charge on any atom is 0.105 e. The Hall–Kier alpha value is -1.92. The monoisotopic (exact) mass is 288 g/mol. The van der Waals surface area contributed by atoms with Gasteiger partial charge in [-0.15, -0.1) is 11.7 Å². The molecular formula is C15H20N4O2. The van der Waals surface area contributed by atoms with Crippen LogP contribution in [0.3, 0.4) is 0 Å². The van der Waals surface area contributed by atoms with E-state index in [1.54, 1.807) is 18.6 Å². The lowest BCUT2D eigenvalue weighted by Gasteiger charge is -2.34. The second kappa shape index (κ2) is 6.24. The van der Waals surface area contributed by atoms with Crippen molar-refractivity contribution >= 4 is 0 Å². The van der Waals surface area contributed by atoms with E-state index in [0.29, 0.717) is 13.2 Å². The maximum atomic E-state index is 5.68. The molecule has 0 fully saturated rings. The molecule has 2 aromatic rings. The number of fused-ring (bicyclic) bond motifs is 1. The summed E-state index contributed by atoms with van der Waals surface area (Å²) in [6, 6.07) is 2.12. The van der Waals surface area contributed by atoms with Gasteiger partial charge in [-0.3, -0.25) is 9.58 Å². The molecule has 0 aromatic carbocycles. The maximum absolute atomic E-state index is 5.68. The fourth-order valence-electron chi connectivity index (χ4n) is 2.77. The predicted octanol–water partition coefficient (Wildman–Crippen LogP) is 1.71. The van der Waals surface area contributed by atoms with E-state index >= 15 is 0 Å². The summed E-state index contributed by atoms with van der Waals surface area (Å²) in [5.74, 6) is 0. The standard InChI is InChI=1S/C15H20N4O2/c1-3-7-20-11-14-15-13(18(2)17-16-15)4-6-19(14)9-12-5-8-21-10-12/h3,5,8,10,14H,1,4,6-7,9,11H2,2H3. The molecule has 0 saturated carbocycles.